The molecule has 1 atom stereocenters. The molecule has 3 N–H and O–H groups in total. The molecule has 0 bridgehead atoms. The SMILES string of the molecule is Cc1csc(CC(O)Cc2cccnc2N)n1. The number of thiazole rings is 1. The van der Waals surface area contributed by atoms with Crippen molar-refractivity contribution in [3.63, 3.8) is 0 Å². The van der Waals surface area contributed by atoms with Crippen molar-refractivity contribution in [2.24, 2.45) is 0 Å². The van der Waals surface area contributed by atoms with E-state index in [9.17, 15) is 5.11 Å². The van der Waals surface area contributed by atoms with E-state index in [-0.39, 0.29) is 0 Å². The van der Waals surface area contributed by atoms with Crippen molar-refractivity contribution >= 4 is 17.2 Å². The zero-order valence-electron chi connectivity index (χ0n) is 9.63. The number of aromatic nitrogens is 2. The van der Waals surface area contributed by atoms with Crippen molar-refractivity contribution in [2.75, 3.05) is 5.73 Å². The fraction of sp³-hybridized carbons (Fsp3) is 0.333. The molecule has 0 saturated heterocycles. The summed E-state index contributed by atoms with van der Waals surface area (Å²) < 4.78 is 0. The minimum absolute atomic E-state index is 0.466. The van der Waals surface area contributed by atoms with Crippen molar-refractivity contribution in [2.45, 2.75) is 25.9 Å². The van der Waals surface area contributed by atoms with Gasteiger partial charge in [0.05, 0.1) is 11.1 Å². The Kier molecular flexibility index (Phi) is 3.71. The molecule has 17 heavy (non-hydrogen) atoms. The van der Waals surface area contributed by atoms with Crippen LogP contribution in [0.25, 0.3) is 0 Å². The van der Waals surface area contributed by atoms with Crippen LogP contribution in [0.5, 0.6) is 0 Å². The molecular formula is C12H15N3OS. The van der Waals surface area contributed by atoms with Gasteiger partial charge in [-0.2, -0.15) is 0 Å². The third-order valence-electron chi connectivity index (χ3n) is 2.46. The quantitative estimate of drug-likeness (QED) is 0.863. The molecule has 0 fully saturated rings. The Morgan fingerprint density at radius 2 is 2.29 bits per heavy atom. The number of aliphatic hydroxyl groups is 1. The number of hydrogen-bond acceptors (Lipinski definition) is 5. The molecule has 2 aromatic rings. The van der Waals surface area contributed by atoms with Crippen LogP contribution in [0.2, 0.25) is 0 Å². The smallest absolute Gasteiger partial charge is 0.126 e. The molecule has 2 rings (SSSR count). The van der Waals surface area contributed by atoms with E-state index in [2.05, 4.69) is 9.97 Å². The largest absolute Gasteiger partial charge is 0.392 e. The number of hydrogen-bond donors (Lipinski definition) is 2. The predicted octanol–water partition coefficient (Wildman–Crippen LogP) is 1.57. The minimum Gasteiger partial charge on any atom is -0.392 e. The number of nitrogen functional groups attached to an aromatic ring is 1. The maximum atomic E-state index is 9.97. The summed E-state index contributed by atoms with van der Waals surface area (Å²) in [5.41, 5.74) is 7.61. The number of anilines is 1. The molecule has 0 aromatic carbocycles. The maximum Gasteiger partial charge on any atom is 0.126 e. The topological polar surface area (TPSA) is 72.0 Å². The number of aryl methyl sites for hydroxylation is 1. The van der Waals surface area contributed by atoms with Gasteiger partial charge in [-0.05, 0) is 18.6 Å². The van der Waals surface area contributed by atoms with E-state index in [0.717, 1.165) is 16.3 Å². The molecular weight excluding hydrogens is 234 g/mol. The molecule has 2 aromatic heterocycles. The van der Waals surface area contributed by atoms with Gasteiger partial charge in [-0.3, -0.25) is 0 Å². The number of aliphatic hydroxyl groups excluding tert-OH is 1. The molecule has 0 aliphatic heterocycles. The van der Waals surface area contributed by atoms with Crippen molar-refractivity contribution in [1.29, 1.82) is 0 Å². The number of nitrogens with two attached hydrogens (primary N) is 1. The monoisotopic (exact) mass is 249 g/mol. The number of rotatable bonds is 4. The highest BCUT2D eigenvalue weighted by molar-refractivity contribution is 7.09. The second kappa shape index (κ2) is 5.25. The van der Waals surface area contributed by atoms with Crippen LogP contribution in [-0.4, -0.2) is 21.2 Å². The molecule has 0 spiro atoms. The summed E-state index contributed by atoms with van der Waals surface area (Å²) >= 11 is 1.57. The third-order valence-corrected chi connectivity index (χ3v) is 3.45. The van der Waals surface area contributed by atoms with Gasteiger partial charge in [0.2, 0.25) is 0 Å². The maximum absolute atomic E-state index is 9.97. The molecule has 0 saturated carbocycles. The third kappa shape index (κ3) is 3.25. The average molecular weight is 249 g/mol. The molecule has 0 amide bonds. The average Bonchev–Trinajstić information content (AvgIpc) is 2.67. The van der Waals surface area contributed by atoms with E-state index in [4.69, 9.17) is 5.73 Å². The summed E-state index contributed by atoms with van der Waals surface area (Å²) in [6.07, 6.45) is 2.26. The lowest BCUT2D eigenvalue weighted by molar-refractivity contribution is 0.175. The van der Waals surface area contributed by atoms with Gasteiger partial charge in [0.25, 0.3) is 0 Å². The predicted molar refractivity (Wildman–Crippen MR) is 68.9 cm³/mol. The van der Waals surface area contributed by atoms with E-state index in [1.54, 1.807) is 17.5 Å². The molecule has 2 heterocycles. The molecule has 4 nitrogen and oxygen atoms in total. The Morgan fingerprint density at radius 3 is 2.94 bits per heavy atom. The number of pyridine rings is 1. The first-order valence-electron chi connectivity index (χ1n) is 5.43. The van der Waals surface area contributed by atoms with Gasteiger partial charge >= 0.3 is 0 Å². The Morgan fingerprint density at radius 1 is 1.47 bits per heavy atom. The molecule has 90 valence electrons. The first kappa shape index (κ1) is 12.0. The fourth-order valence-corrected chi connectivity index (χ4v) is 2.49. The van der Waals surface area contributed by atoms with E-state index < -0.39 is 6.10 Å². The van der Waals surface area contributed by atoms with Crippen LogP contribution < -0.4 is 5.73 Å². The summed E-state index contributed by atoms with van der Waals surface area (Å²) in [5.74, 6) is 0.488. The van der Waals surface area contributed by atoms with E-state index in [0.29, 0.717) is 18.7 Å². The summed E-state index contributed by atoms with van der Waals surface area (Å²) in [7, 11) is 0. The first-order valence-corrected chi connectivity index (χ1v) is 6.31. The summed E-state index contributed by atoms with van der Waals surface area (Å²) in [5, 5.41) is 12.9. The summed E-state index contributed by atoms with van der Waals surface area (Å²) in [6.45, 7) is 1.95. The van der Waals surface area contributed by atoms with Gasteiger partial charge < -0.3 is 10.8 Å². The van der Waals surface area contributed by atoms with Gasteiger partial charge in [0.1, 0.15) is 5.82 Å². The van der Waals surface area contributed by atoms with E-state index in [1.807, 2.05) is 24.4 Å². The van der Waals surface area contributed by atoms with Crippen LogP contribution >= 0.6 is 11.3 Å². The van der Waals surface area contributed by atoms with Crippen LogP contribution in [0.3, 0.4) is 0 Å². The Labute approximate surface area is 104 Å². The fourth-order valence-electron chi connectivity index (χ4n) is 1.65. The highest BCUT2D eigenvalue weighted by atomic mass is 32.1. The molecule has 0 radical (unpaired) electrons. The summed E-state index contributed by atoms with van der Waals surface area (Å²) in [6, 6.07) is 3.71. The second-order valence-corrected chi connectivity index (χ2v) is 4.94. The highest BCUT2D eigenvalue weighted by Crippen LogP contribution is 2.15. The lowest BCUT2D eigenvalue weighted by Crippen LogP contribution is -2.15. The highest BCUT2D eigenvalue weighted by Gasteiger charge is 2.11. The Balaban J connectivity index is 1.98. The normalized spacial score (nSPS) is 12.6. The zero-order valence-corrected chi connectivity index (χ0v) is 10.4. The lowest BCUT2D eigenvalue weighted by Gasteiger charge is -2.10. The van der Waals surface area contributed by atoms with Crippen LogP contribution in [0, 0.1) is 6.92 Å². The molecule has 0 aliphatic rings. The van der Waals surface area contributed by atoms with Crippen molar-refractivity contribution in [3.05, 3.63) is 40.0 Å². The Bertz CT molecular complexity index is 498. The van der Waals surface area contributed by atoms with Gasteiger partial charge in [-0.15, -0.1) is 11.3 Å². The van der Waals surface area contributed by atoms with Crippen LogP contribution in [0.4, 0.5) is 5.82 Å². The number of nitrogens with zero attached hydrogens (tertiary/aromatic N) is 2. The zero-order chi connectivity index (χ0) is 12.3. The van der Waals surface area contributed by atoms with Crippen LogP contribution in [0.15, 0.2) is 23.7 Å². The Hall–Kier alpha value is -1.46. The van der Waals surface area contributed by atoms with E-state index in [1.165, 1.54) is 0 Å². The van der Waals surface area contributed by atoms with Gasteiger partial charge in [-0.25, -0.2) is 9.97 Å². The first-order chi connectivity index (χ1) is 8.15. The van der Waals surface area contributed by atoms with Crippen LogP contribution in [0.1, 0.15) is 16.3 Å². The van der Waals surface area contributed by atoms with Gasteiger partial charge in [-0.1, -0.05) is 6.07 Å². The van der Waals surface area contributed by atoms with Crippen molar-refractivity contribution in [3.8, 4) is 0 Å². The second-order valence-electron chi connectivity index (χ2n) is 3.99. The standard InChI is InChI=1S/C12H15N3OS/c1-8-7-17-11(15-8)6-10(16)5-9-3-2-4-14-12(9)13/h2-4,7,10,16H,5-6H2,1H3,(H2,13,14). The molecule has 1 unspecified atom stereocenters. The van der Waals surface area contributed by atoms with Gasteiger partial charge in [0, 0.05) is 30.1 Å². The van der Waals surface area contributed by atoms with E-state index >= 15 is 0 Å². The van der Waals surface area contributed by atoms with Crippen LogP contribution in [-0.2, 0) is 12.8 Å². The van der Waals surface area contributed by atoms with Crippen molar-refractivity contribution < 1.29 is 5.11 Å². The lowest BCUT2D eigenvalue weighted by atomic mass is 10.1. The van der Waals surface area contributed by atoms with Gasteiger partial charge in [0.15, 0.2) is 0 Å². The molecule has 5 heteroatoms. The van der Waals surface area contributed by atoms with Crippen molar-refractivity contribution in [1.82, 2.24) is 9.97 Å². The molecule has 0 aliphatic carbocycles. The summed E-state index contributed by atoms with van der Waals surface area (Å²) in [4.78, 5) is 8.32. The minimum atomic E-state index is -0.466.